The van der Waals surface area contributed by atoms with Crippen LogP contribution in [0.25, 0.3) is 5.69 Å². The number of urea groups is 1. The highest BCUT2D eigenvalue weighted by Gasteiger charge is 2.25. The van der Waals surface area contributed by atoms with Crippen LogP contribution in [0.1, 0.15) is 76.1 Å². The Bertz CT molecular complexity index is 1380. The monoisotopic (exact) mass is 584 g/mol. The molecule has 0 atom stereocenters. The summed E-state index contributed by atoms with van der Waals surface area (Å²) >= 11 is 0. The minimum Gasteiger partial charge on any atom is -0.343 e. The molecule has 2 aliphatic heterocycles. The molecule has 8 nitrogen and oxygen atoms in total. The van der Waals surface area contributed by atoms with Crippen molar-refractivity contribution >= 4 is 23.4 Å². The maximum absolute atomic E-state index is 13.3. The van der Waals surface area contributed by atoms with Gasteiger partial charge in [-0.2, -0.15) is 5.10 Å². The summed E-state index contributed by atoms with van der Waals surface area (Å²) < 4.78 is 1.80. The van der Waals surface area contributed by atoms with Crippen LogP contribution in [0, 0.1) is 12.8 Å². The van der Waals surface area contributed by atoms with Gasteiger partial charge in [-0.1, -0.05) is 63.1 Å². The summed E-state index contributed by atoms with van der Waals surface area (Å²) in [5, 5.41) is 11.0. The van der Waals surface area contributed by atoms with E-state index in [9.17, 15) is 9.59 Å². The molecule has 0 aliphatic carbocycles. The number of piperidine rings is 2. The molecule has 0 radical (unpaired) electrons. The van der Waals surface area contributed by atoms with Gasteiger partial charge in [-0.15, -0.1) is 0 Å². The van der Waals surface area contributed by atoms with Gasteiger partial charge in [0.15, 0.2) is 0 Å². The third-order valence-electron chi connectivity index (χ3n) is 8.83. The number of aromatic nitrogens is 2. The number of amides is 3. The Kier molecular flexibility index (Phi) is 9.86. The van der Waals surface area contributed by atoms with Crippen molar-refractivity contribution in [3.05, 3.63) is 71.4 Å². The molecule has 0 bridgehead atoms. The van der Waals surface area contributed by atoms with E-state index in [0.717, 1.165) is 74.6 Å². The molecule has 3 aromatic rings. The number of aryl methyl sites for hydroxylation is 1. The van der Waals surface area contributed by atoms with Crippen LogP contribution in [0.5, 0.6) is 0 Å². The lowest BCUT2D eigenvalue weighted by molar-refractivity contribution is -0.133. The van der Waals surface area contributed by atoms with Gasteiger partial charge in [-0.05, 0) is 81.8 Å². The van der Waals surface area contributed by atoms with Crippen LogP contribution in [-0.4, -0.2) is 64.2 Å². The van der Waals surface area contributed by atoms with E-state index in [2.05, 4.69) is 54.2 Å². The van der Waals surface area contributed by atoms with Crippen LogP contribution in [0.4, 0.5) is 16.3 Å². The Morgan fingerprint density at radius 3 is 2.30 bits per heavy atom. The first-order valence-corrected chi connectivity index (χ1v) is 16.0. The molecule has 2 N–H and O–H groups in total. The maximum atomic E-state index is 13.3. The van der Waals surface area contributed by atoms with Gasteiger partial charge in [-0.25, -0.2) is 9.48 Å². The van der Waals surface area contributed by atoms with Crippen molar-refractivity contribution < 1.29 is 9.59 Å². The number of benzene rings is 2. The van der Waals surface area contributed by atoms with Crippen LogP contribution < -0.4 is 10.6 Å². The van der Waals surface area contributed by atoms with Crippen LogP contribution in [-0.2, 0) is 16.6 Å². The van der Waals surface area contributed by atoms with E-state index in [1.807, 2.05) is 48.5 Å². The van der Waals surface area contributed by atoms with Gasteiger partial charge < -0.3 is 15.1 Å². The minimum absolute atomic E-state index is 0.164. The zero-order valence-corrected chi connectivity index (χ0v) is 26.4. The fourth-order valence-electron chi connectivity index (χ4n) is 6.10. The zero-order chi connectivity index (χ0) is 30.4. The predicted molar refractivity (Wildman–Crippen MR) is 174 cm³/mol. The Hall–Kier alpha value is -3.65. The van der Waals surface area contributed by atoms with E-state index in [4.69, 9.17) is 5.10 Å². The average Bonchev–Trinajstić information content (AvgIpc) is 3.42. The summed E-state index contributed by atoms with van der Waals surface area (Å²) in [6.07, 6.45) is 7.32. The number of likely N-dealkylation sites (tertiary alicyclic amines) is 2. The topological polar surface area (TPSA) is 82.5 Å². The first-order valence-electron chi connectivity index (χ1n) is 16.0. The molecular weight excluding hydrogens is 536 g/mol. The molecule has 2 aliphatic rings. The van der Waals surface area contributed by atoms with Crippen LogP contribution in [0.3, 0.4) is 0 Å². The van der Waals surface area contributed by atoms with Crippen molar-refractivity contribution in [3.63, 3.8) is 0 Å². The lowest BCUT2D eigenvalue weighted by atomic mass is 9.89. The van der Waals surface area contributed by atoms with E-state index < -0.39 is 0 Å². The Balaban J connectivity index is 1.18. The molecule has 0 unspecified atom stereocenters. The van der Waals surface area contributed by atoms with E-state index in [-0.39, 0.29) is 11.4 Å². The number of para-hydroxylation sites is 1. The number of nitrogens with zero attached hydrogens (tertiary/aromatic N) is 4. The number of rotatable bonds is 8. The Labute approximate surface area is 256 Å². The third kappa shape index (κ3) is 8.25. The van der Waals surface area contributed by atoms with Crippen molar-refractivity contribution in [2.75, 3.05) is 43.4 Å². The highest BCUT2D eigenvalue weighted by Crippen LogP contribution is 2.28. The van der Waals surface area contributed by atoms with Gasteiger partial charge in [0.2, 0.25) is 5.91 Å². The molecule has 230 valence electrons. The van der Waals surface area contributed by atoms with E-state index in [1.54, 1.807) is 4.68 Å². The number of hydrogen-bond donors (Lipinski definition) is 2. The fraction of sp³-hybridized carbons (Fsp3) is 0.514. The molecule has 3 heterocycles. The largest absolute Gasteiger partial charge is 0.343 e. The smallest absolute Gasteiger partial charge is 0.324 e. The van der Waals surface area contributed by atoms with E-state index in [0.29, 0.717) is 24.1 Å². The summed E-state index contributed by atoms with van der Waals surface area (Å²) in [4.78, 5) is 30.7. The quantitative estimate of drug-likeness (QED) is 0.306. The summed E-state index contributed by atoms with van der Waals surface area (Å²) in [6, 6.07) is 17.8. The van der Waals surface area contributed by atoms with E-state index >= 15 is 0 Å². The number of carbonyl (C=O) groups excluding carboxylic acids is 2. The highest BCUT2D eigenvalue weighted by atomic mass is 16.2. The highest BCUT2D eigenvalue weighted by molar-refractivity contribution is 6.00. The molecule has 43 heavy (non-hydrogen) atoms. The average molecular weight is 585 g/mol. The van der Waals surface area contributed by atoms with Gasteiger partial charge in [0, 0.05) is 43.2 Å². The van der Waals surface area contributed by atoms with Crippen LogP contribution in [0.2, 0.25) is 0 Å². The predicted octanol–water partition coefficient (Wildman–Crippen LogP) is 6.78. The molecule has 2 saturated heterocycles. The normalized spacial score (nSPS) is 16.7. The molecule has 2 fully saturated rings. The zero-order valence-electron chi connectivity index (χ0n) is 26.4. The number of nitrogens with one attached hydrogen (secondary N) is 2. The van der Waals surface area contributed by atoms with Gasteiger partial charge in [0.25, 0.3) is 0 Å². The standard InChI is InChI=1S/C35H48N6O2/c1-26-12-14-29(15-13-26)41-32(25-31(38-41)35(2,3)4)37-34(43)36-30-11-7-6-10-28(30)24-27-16-22-40(23-17-27)33(42)18-21-39-19-8-5-9-20-39/h6-7,10-15,25,27H,5,8-9,16-24H2,1-4H3,(H2,36,37,43). The molecule has 1 aromatic heterocycles. The summed E-state index contributed by atoms with van der Waals surface area (Å²) in [5.41, 5.74) is 4.74. The van der Waals surface area contributed by atoms with Gasteiger partial charge >= 0.3 is 6.03 Å². The number of anilines is 2. The summed E-state index contributed by atoms with van der Waals surface area (Å²) in [7, 11) is 0. The first-order chi connectivity index (χ1) is 20.7. The van der Waals surface area contributed by atoms with Crippen molar-refractivity contribution in [2.45, 2.75) is 78.1 Å². The van der Waals surface area contributed by atoms with Crippen molar-refractivity contribution in [1.29, 1.82) is 0 Å². The second-order valence-electron chi connectivity index (χ2n) is 13.3. The molecule has 8 heteroatoms. The number of hydrogen-bond acceptors (Lipinski definition) is 4. The van der Waals surface area contributed by atoms with Gasteiger partial charge in [0.1, 0.15) is 5.82 Å². The molecule has 2 aromatic carbocycles. The van der Waals surface area contributed by atoms with Crippen LogP contribution in [0.15, 0.2) is 54.6 Å². The van der Waals surface area contributed by atoms with Crippen molar-refractivity contribution in [1.82, 2.24) is 19.6 Å². The summed E-state index contributed by atoms with van der Waals surface area (Å²) in [5.74, 6) is 1.40. The Morgan fingerprint density at radius 2 is 1.60 bits per heavy atom. The lowest BCUT2D eigenvalue weighted by Crippen LogP contribution is -2.41. The summed E-state index contributed by atoms with van der Waals surface area (Å²) in [6.45, 7) is 13.2. The fourth-order valence-corrected chi connectivity index (χ4v) is 6.10. The van der Waals surface area contributed by atoms with Gasteiger partial charge in [-0.3, -0.25) is 10.1 Å². The second kappa shape index (κ2) is 13.8. The van der Waals surface area contributed by atoms with Crippen LogP contribution >= 0.6 is 0 Å². The Morgan fingerprint density at radius 1 is 0.907 bits per heavy atom. The molecule has 3 amide bonds. The lowest BCUT2D eigenvalue weighted by Gasteiger charge is -2.33. The van der Waals surface area contributed by atoms with Crippen molar-refractivity contribution in [3.8, 4) is 5.69 Å². The van der Waals surface area contributed by atoms with Gasteiger partial charge in [0.05, 0.1) is 11.4 Å². The third-order valence-corrected chi connectivity index (χ3v) is 8.83. The second-order valence-corrected chi connectivity index (χ2v) is 13.3. The minimum atomic E-state index is -0.296. The molecule has 0 saturated carbocycles. The molecule has 5 rings (SSSR count). The SMILES string of the molecule is Cc1ccc(-n2nc(C(C)(C)C)cc2NC(=O)Nc2ccccc2CC2CCN(C(=O)CCN3CCCCC3)CC2)cc1. The maximum Gasteiger partial charge on any atom is 0.324 e. The van der Waals surface area contributed by atoms with E-state index in [1.165, 1.54) is 24.8 Å². The number of carbonyl (C=O) groups is 2. The molecule has 0 spiro atoms. The molecular formula is C35H48N6O2. The van der Waals surface area contributed by atoms with Crippen molar-refractivity contribution in [2.24, 2.45) is 5.92 Å². The first kappa shape index (κ1) is 30.8.